The van der Waals surface area contributed by atoms with E-state index in [2.05, 4.69) is 28.8 Å². The van der Waals surface area contributed by atoms with Gasteiger partial charge in [-0.1, -0.05) is 13.3 Å². The Balaban J connectivity index is 1.79. The van der Waals surface area contributed by atoms with Crippen molar-refractivity contribution in [2.45, 2.75) is 51.6 Å². The smallest absolute Gasteiger partial charge is 0.224 e. The topological polar surface area (TPSA) is 38.2 Å². The van der Waals surface area contributed by atoms with Crippen LogP contribution in [0.4, 0.5) is 5.95 Å². The first-order valence-electron chi connectivity index (χ1n) is 7.43. The Labute approximate surface area is 116 Å². The molecule has 0 bridgehead atoms. The van der Waals surface area contributed by atoms with Gasteiger partial charge in [0.15, 0.2) is 0 Å². The van der Waals surface area contributed by atoms with E-state index in [1.54, 1.807) is 0 Å². The largest absolute Gasteiger partial charge is 0.378 e. The summed E-state index contributed by atoms with van der Waals surface area (Å²) in [6.07, 6.45) is 11.3. The second-order valence-corrected chi connectivity index (χ2v) is 5.34. The van der Waals surface area contributed by atoms with E-state index in [0.29, 0.717) is 6.10 Å². The average molecular weight is 263 g/mol. The van der Waals surface area contributed by atoms with Crippen molar-refractivity contribution >= 4 is 5.95 Å². The second kappa shape index (κ2) is 7.43. The van der Waals surface area contributed by atoms with E-state index in [0.717, 1.165) is 38.4 Å². The summed E-state index contributed by atoms with van der Waals surface area (Å²) < 4.78 is 5.75. The van der Waals surface area contributed by atoms with Crippen molar-refractivity contribution in [1.29, 1.82) is 0 Å². The molecule has 1 aliphatic rings. The van der Waals surface area contributed by atoms with Gasteiger partial charge in [0.2, 0.25) is 5.95 Å². The summed E-state index contributed by atoms with van der Waals surface area (Å²) in [5.41, 5.74) is 1.22. The molecule has 0 spiro atoms. The summed E-state index contributed by atoms with van der Waals surface area (Å²) in [5.74, 6) is 0.815. The third kappa shape index (κ3) is 4.46. The van der Waals surface area contributed by atoms with Gasteiger partial charge in [0.05, 0.1) is 6.10 Å². The lowest BCUT2D eigenvalue weighted by molar-refractivity contribution is 0.0126. The summed E-state index contributed by atoms with van der Waals surface area (Å²) in [6.45, 7) is 4.05. The van der Waals surface area contributed by atoms with Gasteiger partial charge in [-0.3, -0.25) is 0 Å². The Bertz CT molecular complexity index is 360. The van der Waals surface area contributed by atoms with Gasteiger partial charge in [-0.15, -0.1) is 0 Å². The van der Waals surface area contributed by atoms with Gasteiger partial charge in [-0.2, -0.15) is 0 Å². The molecule has 2 heterocycles. The first-order chi connectivity index (χ1) is 9.29. The molecule has 106 valence electrons. The monoisotopic (exact) mass is 263 g/mol. The molecule has 0 saturated carbocycles. The zero-order chi connectivity index (χ0) is 13.5. The van der Waals surface area contributed by atoms with Crippen molar-refractivity contribution in [3.8, 4) is 0 Å². The maximum absolute atomic E-state index is 5.75. The minimum Gasteiger partial charge on any atom is -0.378 e. The number of anilines is 1. The van der Waals surface area contributed by atoms with Crippen LogP contribution in [-0.2, 0) is 11.2 Å². The van der Waals surface area contributed by atoms with Crippen molar-refractivity contribution in [2.24, 2.45) is 0 Å². The SMILES string of the molecule is CCCc1cnc(N(C)CCC2CCCCO2)nc1. The van der Waals surface area contributed by atoms with Crippen molar-refractivity contribution in [3.05, 3.63) is 18.0 Å². The number of hydrogen-bond donors (Lipinski definition) is 0. The van der Waals surface area contributed by atoms with E-state index >= 15 is 0 Å². The maximum atomic E-state index is 5.75. The molecule has 1 aromatic rings. The fraction of sp³-hybridized carbons (Fsp3) is 0.733. The first-order valence-corrected chi connectivity index (χ1v) is 7.43. The van der Waals surface area contributed by atoms with Gasteiger partial charge in [-0.05, 0) is 37.7 Å². The summed E-state index contributed by atoms with van der Waals surface area (Å²) >= 11 is 0. The van der Waals surface area contributed by atoms with Gasteiger partial charge in [0, 0.05) is 32.6 Å². The Morgan fingerprint density at radius 3 is 2.74 bits per heavy atom. The molecule has 19 heavy (non-hydrogen) atoms. The minimum absolute atomic E-state index is 0.426. The fourth-order valence-corrected chi connectivity index (χ4v) is 2.44. The fourth-order valence-electron chi connectivity index (χ4n) is 2.44. The molecule has 0 N–H and O–H groups in total. The minimum atomic E-state index is 0.426. The zero-order valence-corrected chi connectivity index (χ0v) is 12.1. The lowest BCUT2D eigenvalue weighted by Crippen LogP contribution is -2.27. The highest BCUT2D eigenvalue weighted by molar-refractivity contribution is 5.28. The van der Waals surface area contributed by atoms with Crippen molar-refractivity contribution in [3.63, 3.8) is 0 Å². The van der Waals surface area contributed by atoms with E-state index in [1.165, 1.54) is 24.8 Å². The quantitative estimate of drug-likeness (QED) is 0.791. The van der Waals surface area contributed by atoms with Crippen molar-refractivity contribution < 1.29 is 4.74 Å². The highest BCUT2D eigenvalue weighted by Gasteiger charge is 2.15. The molecular formula is C15H25N3O. The highest BCUT2D eigenvalue weighted by atomic mass is 16.5. The molecule has 0 aliphatic carbocycles. The second-order valence-electron chi connectivity index (χ2n) is 5.34. The van der Waals surface area contributed by atoms with Crippen molar-refractivity contribution in [2.75, 3.05) is 25.1 Å². The average Bonchev–Trinajstić information content (AvgIpc) is 2.47. The molecule has 1 unspecified atom stereocenters. The van der Waals surface area contributed by atoms with Crippen LogP contribution >= 0.6 is 0 Å². The number of hydrogen-bond acceptors (Lipinski definition) is 4. The third-order valence-electron chi connectivity index (χ3n) is 3.63. The van der Waals surface area contributed by atoms with Crippen LogP contribution < -0.4 is 4.90 Å². The highest BCUT2D eigenvalue weighted by Crippen LogP contribution is 2.16. The molecule has 1 saturated heterocycles. The molecule has 0 amide bonds. The standard InChI is InChI=1S/C15H25N3O/c1-3-6-13-11-16-15(17-12-13)18(2)9-8-14-7-4-5-10-19-14/h11-12,14H,3-10H2,1-2H3. The summed E-state index contributed by atoms with van der Waals surface area (Å²) in [5, 5.41) is 0. The Morgan fingerprint density at radius 2 is 2.11 bits per heavy atom. The summed E-state index contributed by atoms with van der Waals surface area (Å²) in [4.78, 5) is 11.0. The molecule has 4 heteroatoms. The first kappa shape index (κ1) is 14.3. The third-order valence-corrected chi connectivity index (χ3v) is 3.63. The van der Waals surface area contributed by atoms with Gasteiger partial charge in [-0.25, -0.2) is 9.97 Å². The van der Waals surface area contributed by atoms with Crippen molar-refractivity contribution in [1.82, 2.24) is 9.97 Å². The normalized spacial score (nSPS) is 19.4. The van der Waals surface area contributed by atoms with Crippen LogP contribution in [0, 0.1) is 0 Å². The van der Waals surface area contributed by atoms with Gasteiger partial charge >= 0.3 is 0 Å². The molecule has 4 nitrogen and oxygen atoms in total. The number of nitrogens with zero attached hydrogens (tertiary/aromatic N) is 3. The Morgan fingerprint density at radius 1 is 1.32 bits per heavy atom. The number of rotatable bonds is 6. The van der Waals surface area contributed by atoms with E-state index in [9.17, 15) is 0 Å². The van der Waals surface area contributed by atoms with E-state index in [-0.39, 0.29) is 0 Å². The number of aromatic nitrogens is 2. The molecule has 1 fully saturated rings. The van der Waals surface area contributed by atoms with Crippen LogP contribution in [0.2, 0.25) is 0 Å². The van der Waals surface area contributed by atoms with Gasteiger partial charge in [0.25, 0.3) is 0 Å². The predicted molar refractivity (Wildman–Crippen MR) is 77.5 cm³/mol. The lowest BCUT2D eigenvalue weighted by Gasteiger charge is -2.25. The lowest BCUT2D eigenvalue weighted by atomic mass is 10.1. The summed E-state index contributed by atoms with van der Waals surface area (Å²) in [6, 6.07) is 0. The van der Waals surface area contributed by atoms with Crippen LogP contribution in [0.15, 0.2) is 12.4 Å². The van der Waals surface area contributed by atoms with E-state index in [1.807, 2.05) is 12.4 Å². The van der Waals surface area contributed by atoms with Crippen LogP contribution in [-0.4, -0.2) is 36.3 Å². The summed E-state index contributed by atoms with van der Waals surface area (Å²) in [7, 11) is 2.05. The molecule has 2 rings (SSSR count). The molecular weight excluding hydrogens is 238 g/mol. The molecule has 0 aromatic carbocycles. The van der Waals surface area contributed by atoms with Gasteiger partial charge in [0.1, 0.15) is 0 Å². The van der Waals surface area contributed by atoms with Gasteiger partial charge < -0.3 is 9.64 Å². The molecule has 1 aromatic heterocycles. The Kier molecular flexibility index (Phi) is 5.58. The van der Waals surface area contributed by atoms with Crippen LogP contribution in [0.3, 0.4) is 0 Å². The molecule has 0 radical (unpaired) electrons. The zero-order valence-electron chi connectivity index (χ0n) is 12.1. The van der Waals surface area contributed by atoms with Crippen LogP contribution in [0.5, 0.6) is 0 Å². The Hall–Kier alpha value is -1.16. The predicted octanol–water partition coefficient (Wildman–Crippen LogP) is 2.82. The van der Waals surface area contributed by atoms with E-state index in [4.69, 9.17) is 4.74 Å². The maximum Gasteiger partial charge on any atom is 0.224 e. The number of aryl methyl sites for hydroxylation is 1. The molecule has 1 aliphatic heterocycles. The van der Waals surface area contributed by atoms with Crippen LogP contribution in [0.25, 0.3) is 0 Å². The number of ether oxygens (including phenoxy) is 1. The van der Waals surface area contributed by atoms with E-state index < -0.39 is 0 Å². The molecule has 1 atom stereocenters. The van der Waals surface area contributed by atoms with Crippen LogP contribution in [0.1, 0.15) is 44.6 Å².